The highest BCUT2D eigenvalue weighted by atomic mass is 19.1. The van der Waals surface area contributed by atoms with Crippen LogP contribution in [-0.2, 0) is 11.3 Å². The third-order valence-electron chi connectivity index (χ3n) is 4.90. The molecule has 30 heavy (non-hydrogen) atoms. The number of hydrogen-bond acceptors (Lipinski definition) is 6. The number of nitrogens with zero attached hydrogens (tertiary/aromatic N) is 2. The zero-order valence-corrected chi connectivity index (χ0v) is 17.7. The molecule has 0 bridgehead atoms. The Kier molecular flexibility index (Phi) is 8.04. The largest absolute Gasteiger partial charge is 0.492 e. The second-order valence-electron chi connectivity index (χ2n) is 8.03. The summed E-state index contributed by atoms with van der Waals surface area (Å²) in [5.74, 6) is 1.05. The topological polar surface area (TPSA) is 54.4 Å². The van der Waals surface area contributed by atoms with Gasteiger partial charge in [0.05, 0.1) is 13.2 Å². The molecule has 1 atom stereocenters. The Morgan fingerprint density at radius 3 is 2.43 bits per heavy atom. The molecule has 0 radical (unpaired) electrons. The van der Waals surface area contributed by atoms with Crippen LogP contribution in [0.2, 0.25) is 0 Å². The lowest BCUT2D eigenvalue weighted by Crippen LogP contribution is -2.48. The van der Waals surface area contributed by atoms with Crippen LogP contribution in [0.3, 0.4) is 0 Å². The predicted octanol–water partition coefficient (Wildman–Crippen LogP) is 2.41. The smallest absolute Gasteiger partial charge is 0.134 e. The molecule has 0 saturated carbocycles. The molecular formula is C23H31FN2O4. The van der Waals surface area contributed by atoms with Crippen molar-refractivity contribution in [3.05, 3.63) is 59.9 Å². The average Bonchev–Trinajstić information content (AvgIpc) is 2.90. The molecule has 7 heteroatoms. The maximum Gasteiger partial charge on any atom is 0.134 e. The van der Waals surface area contributed by atoms with Crippen LogP contribution in [0, 0.1) is 5.82 Å². The molecule has 164 valence electrons. The summed E-state index contributed by atoms with van der Waals surface area (Å²) in [6.07, 6.45) is 0. The number of aliphatic hydroxyl groups is 1. The quantitative estimate of drug-likeness (QED) is 0.675. The zero-order chi connectivity index (χ0) is 21.4. The Morgan fingerprint density at radius 2 is 1.73 bits per heavy atom. The Bertz CT molecular complexity index is 770. The summed E-state index contributed by atoms with van der Waals surface area (Å²) in [5.41, 5.74) is -0.00112. The van der Waals surface area contributed by atoms with Crippen LogP contribution in [0.25, 0.3) is 0 Å². The highest BCUT2D eigenvalue weighted by Crippen LogP contribution is 2.20. The monoisotopic (exact) mass is 418 g/mol. The molecule has 2 aromatic rings. The first-order valence-corrected chi connectivity index (χ1v) is 10.2. The first-order valence-electron chi connectivity index (χ1n) is 10.2. The van der Waals surface area contributed by atoms with E-state index < -0.39 is 5.60 Å². The van der Waals surface area contributed by atoms with Crippen molar-refractivity contribution in [3.63, 3.8) is 0 Å². The van der Waals surface area contributed by atoms with E-state index in [1.54, 1.807) is 12.1 Å². The fourth-order valence-corrected chi connectivity index (χ4v) is 3.26. The predicted molar refractivity (Wildman–Crippen MR) is 113 cm³/mol. The second-order valence-corrected chi connectivity index (χ2v) is 8.03. The van der Waals surface area contributed by atoms with Crippen LogP contribution in [0.15, 0.2) is 48.5 Å². The SMILES string of the molecule is CN(C)CCOc1ccc(CN2CCOC[C@@](O)(COc3ccc(F)cc3)C2)cc1. The van der Waals surface area contributed by atoms with Gasteiger partial charge in [-0.05, 0) is 56.1 Å². The number of ether oxygens (including phenoxy) is 3. The van der Waals surface area contributed by atoms with Crippen molar-refractivity contribution >= 4 is 0 Å². The number of likely N-dealkylation sites (N-methyl/N-ethyl adjacent to an activating group) is 1. The maximum atomic E-state index is 13.0. The Hall–Kier alpha value is -2.19. The fourth-order valence-electron chi connectivity index (χ4n) is 3.26. The van der Waals surface area contributed by atoms with Gasteiger partial charge in [-0.1, -0.05) is 12.1 Å². The van der Waals surface area contributed by atoms with Gasteiger partial charge in [-0.2, -0.15) is 0 Å². The lowest BCUT2D eigenvalue weighted by atomic mass is 10.1. The third-order valence-corrected chi connectivity index (χ3v) is 4.90. The van der Waals surface area contributed by atoms with Crippen LogP contribution in [-0.4, -0.2) is 80.7 Å². The first kappa shape index (κ1) is 22.5. The zero-order valence-electron chi connectivity index (χ0n) is 17.7. The summed E-state index contributed by atoms with van der Waals surface area (Å²) in [7, 11) is 4.03. The van der Waals surface area contributed by atoms with Gasteiger partial charge < -0.3 is 24.2 Å². The van der Waals surface area contributed by atoms with Crippen LogP contribution in [0.1, 0.15) is 5.56 Å². The summed E-state index contributed by atoms with van der Waals surface area (Å²) in [4.78, 5) is 4.24. The molecule has 3 rings (SSSR count). The van der Waals surface area contributed by atoms with Crippen molar-refractivity contribution in [2.45, 2.75) is 12.1 Å². The first-order chi connectivity index (χ1) is 14.4. The molecule has 1 aliphatic rings. The lowest BCUT2D eigenvalue weighted by Gasteiger charge is -2.30. The summed E-state index contributed by atoms with van der Waals surface area (Å²) in [6.45, 7) is 4.18. The molecule has 0 aliphatic carbocycles. The Balaban J connectivity index is 1.53. The van der Waals surface area contributed by atoms with Gasteiger partial charge >= 0.3 is 0 Å². The lowest BCUT2D eigenvalue weighted by molar-refractivity contribution is -0.0646. The highest BCUT2D eigenvalue weighted by molar-refractivity contribution is 5.27. The van der Waals surface area contributed by atoms with E-state index in [0.29, 0.717) is 32.1 Å². The van der Waals surface area contributed by atoms with Crippen LogP contribution < -0.4 is 9.47 Å². The molecule has 1 fully saturated rings. The van der Waals surface area contributed by atoms with Gasteiger partial charge in [0.15, 0.2) is 0 Å². The normalized spacial score (nSPS) is 20.2. The number of benzene rings is 2. The number of rotatable bonds is 9. The molecule has 0 amide bonds. The van der Waals surface area contributed by atoms with Crippen LogP contribution >= 0.6 is 0 Å². The van der Waals surface area contributed by atoms with Crippen molar-refractivity contribution < 1.29 is 23.7 Å². The van der Waals surface area contributed by atoms with Crippen molar-refractivity contribution in [3.8, 4) is 11.5 Å². The van der Waals surface area contributed by atoms with E-state index in [9.17, 15) is 9.50 Å². The highest BCUT2D eigenvalue weighted by Gasteiger charge is 2.33. The standard InChI is InChI=1S/C23H31FN2O4/c1-25(2)11-14-29-21-7-3-19(4-8-21)15-26-12-13-28-17-23(27,16-26)18-30-22-9-5-20(24)6-10-22/h3-10,27H,11-18H2,1-2H3/t23-/m1/s1. The van der Waals surface area contributed by atoms with Crippen LogP contribution in [0.5, 0.6) is 11.5 Å². The van der Waals surface area contributed by atoms with E-state index in [1.165, 1.54) is 12.1 Å². The average molecular weight is 419 g/mol. The van der Waals surface area contributed by atoms with E-state index in [2.05, 4.69) is 9.80 Å². The summed E-state index contributed by atoms with van der Waals surface area (Å²) in [6, 6.07) is 13.8. The van der Waals surface area contributed by atoms with E-state index in [0.717, 1.165) is 24.4 Å². The minimum absolute atomic E-state index is 0.0772. The molecule has 0 aromatic heterocycles. The van der Waals surface area contributed by atoms with E-state index in [-0.39, 0.29) is 19.0 Å². The van der Waals surface area contributed by atoms with E-state index in [4.69, 9.17) is 14.2 Å². The van der Waals surface area contributed by atoms with E-state index >= 15 is 0 Å². The molecule has 6 nitrogen and oxygen atoms in total. The summed E-state index contributed by atoms with van der Waals surface area (Å²) < 4.78 is 30.1. The van der Waals surface area contributed by atoms with E-state index in [1.807, 2.05) is 38.4 Å². The van der Waals surface area contributed by atoms with Gasteiger partial charge in [0.1, 0.15) is 36.1 Å². The van der Waals surface area contributed by atoms with Gasteiger partial charge in [-0.15, -0.1) is 0 Å². The number of hydrogen-bond donors (Lipinski definition) is 1. The minimum Gasteiger partial charge on any atom is -0.492 e. The molecule has 1 aliphatic heterocycles. The summed E-state index contributed by atoms with van der Waals surface area (Å²) >= 11 is 0. The molecule has 1 heterocycles. The van der Waals surface area contributed by atoms with Gasteiger partial charge in [0.25, 0.3) is 0 Å². The van der Waals surface area contributed by atoms with Crippen LogP contribution in [0.4, 0.5) is 4.39 Å². The molecule has 0 unspecified atom stereocenters. The fraction of sp³-hybridized carbons (Fsp3) is 0.478. The maximum absolute atomic E-state index is 13.0. The molecule has 1 saturated heterocycles. The van der Waals surface area contributed by atoms with Gasteiger partial charge in [-0.3, -0.25) is 4.90 Å². The molecular weight excluding hydrogens is 387 g/mol. The van der Waals surface area contributed by atoms with Gasteiger partial charge in [0.2, 0.25) is 0 Å². The van der Waals surface area contributed by atoms with Crippen molar-refractivity contribution in [1.29, 1.82) is 0 Å². The molecule has 0 spiro atoms. The van der Waals surface area contributed by atoms with Crippen molar-refractivity contribution in [2.24, 2.45) is 0 Å². The van der Waals surface area contributed by atoms with Crippen molar-refractivity contribution in [2.75, 3.05) is 60.2 Å². The van der Waals surface area contributed by atoms with Gasteiger partial charge in [-0.25, -0.2) is 4.39 Å². The molecule has 2 aromatic carbocycles. The molecule has 1 N–H and O–H groups in total. The van der Waals surface area contributed by atoms with Gasteiger partial charge in [0, 0.05) is 26.2 Å². The summed E-state index contributed by atoms with van der Waals surface area (Å²) in [5, 5.41) is 11.0. The third kappa shape index (κ3) is 7.25. The minimum atomic E-state index is -1.14. The number of halogens is 1. The number of β-amino-alcohol motifs (C(OH)–C–C–N with tert-alkyl or cyclic N) is 1. The Morgan fingerprint density at radius 1 is 1.07 bits per heavy atom. The Labute approximate surface area is 177 Å². The van der Waals surface area contributed by atoms with Crippen molar-refractivity contribution in [1.82, 2.24) is 9.80 Å². The second kappa shape index (κ2) is 10.7.